The molecular formula is C14H25N3. The van der Waals surface area contributed by atoms with E-state index in [2.05, 4.69) is 30.9 Å². The molecule has 0 radical (unpaired) electrons. The third-order valence-electron chi connectivity index (χ3n) is 2.42. The van der Waals surface area contributed by atoms with Gasteiger partial charge in [0.1, 0.15) is 5.84 Å². The van der Waals surface area contributed by atoms with Crippen molar-refractivity contribution in [1.29, 1.82) is 0 Å². The number of nitrogens with zero attached hydrogens (tertiary/aromatic N) is 3. The molecule has 17 heavy (non-hydrogen) atoms. The lowest BCUT2D eigenvalue weighted by Crippen LogP contribution is -2.07. The predicted octanol–water partition coefficient (Wildman–Crippen LogP) is 4.04. The van der Waals surface area contributed by atoms with Gasteiger partial charge in [-0.2, -0.15) is 5.10 Å². The molecule has 0 aromatic carbocycles. The predicted molar refractivity (Wildman–Crippen MR) is 75.4 cm³/mol. The molecule has 96 valence electrons. The summed E-state index contributed by atoms with van der Waals surface area (Å²) in [5.74, 6) is 1.43. The molecule has 0 atom stereocenters. The quantitative estimate of drug-likeness (QED) is 0.562. The molecule has 1 aromatic rings. The summed E-state index contributed by atoms with van der Waals surface area (Å²) in [6, 6.07) is 1.97. The molecule has 0 unspecified atom stereocenters. The van der Waals surface area contributed by atoms with E-state index in [-0.39, 0.29) is 0 Å². The Hall–Kier alpha value is -1.38. The summed E-state index contributed by atoms with van der Waals surface area (Å²) in [6.45, 7) is 14.3. The van der Waals surface area contributed by atoms with Crippen LogP contribution in [0, 0.1) is 12.8 Å². The second-order valence-electron chi connectivity index (χ2n) is 4.11. The average molecular weight is 235 g/mol. The molecule has 1 aromatic heterocycles. The summed E-state index contributed by atoms with van der Waals surface area (Å²) in [5.41, 5.74) is 2.28. The van der Waals surface area contributed by atoms with Gasteiger partial charge < -0.3 is 0 Å². The zero-order chi connectivity index (χ0) is 13.4. The van der Waals surface area contributed by atoms with Crippen LogP contribution in [-0.4, -0.2) is 15.6 Å². The molecule has 0 aliphatic rings. The minimum atomic E-state index is 0.543. The van der Waals surface area contributed by atoms with Crippen molar-refractivity contribution in [3.63, 3.8) is 0 Å². The van der Waals surface area contributed by atoms with Gasteiger partial charge in [-0.3, -0.25) is 0 Å². The van der Waals surface area contributed by atoms with Crippen molar-refractivity contribution in [1.82, 2.24) is 9.78 Å². The Morgan fingerprint density at radius 2 is 1.94 bits per heavy atom. The van der Waals surface area contributed by atoms with Gasteiger partial charge >= 0.3 is 0 Å². The third-order valence-corrected chi connectivity index (χ3v) is 2.42. The fourth-order valence-electron chi connectivity index (χ4n) is 0.999. The molecule has 0 saturated heterocycles. The van der Waals surface area contributed by atoms with E-state index < -0.39 is 0 Å². The third kappa shape index (κ3) is 5.48. The van der Waals surface area contributed by atoms with Crippen LogP contribution in [0.2, 0.25) is 0 Å². The SMILES string of the molecule is CC.CC(=N/C=C(\C)C(C)C)n1ccc(C)n1. The first-order chi connectivity index (χ1) is 8.00. The van der Waals surface area contributed by atoms with Crippen molar-refractivity contribution in [2.75, 3.05) is 0 Å². The van der Waals surface area contributed by atoms with E-state index in [0.717, 1.165) is 11.5 Å². The molecular weight excluding hydrogens is 210 g/mol. The highest BCUT2D eigenvalue weighted by Gasteiger charge is 1.97. The fraction of sp³-hybridized carbons (Fsp3) is 0.571. The highest BCUT2D eigenvalue weighted by atomic mass is 15.3. The Kier molecular flexibility index (Phi) is 7.19. The van der Waals surface area contributed by atoms with E-state index in [1.165, 1.54) is 5.57 Å². The number of aromatic nitrogens is 2. The van der Waals surface area contributed by atoms with Gasteiger partial charge in [0.15, 0.2) is 0 Å². The lowest BCUT2D eigenvalue weighted by molar-refractivity contribution is 0.765. The molecule has 0 fully saturated rings. The summed E-state index contributed by atoms with van der Waals surface area (Å²) >= 11 is 0. The highest BCUT2D eigenvalue weighted by Crippen LogP contribution is 2.07. The monoisotopic (exact) mass is 235 g/mol. The van der Waals surface area contributed by atoms with Crippen LogP contribution in [-0.2, 0) is 0 Å². The Labute approximate surface area is 105 Å². The molecule has 0 spiro atoms. The van der Waals surface area contributed by atoms with Crippen LogP contribution in [0.25, 0.3) is 0 Å². The van der Waals surface area contributed by atoms with Crippen LogP contribution in [0.1, 0.15) is 47.2 Å². The maximum Gasteiger partial charge on any atom is 0.126 e. The molecule has 0 amide bonds. The minimum Gasteiger partial charge on any atom is -0.242 e. The molecule has 0 saturated carbocycles. The van der Waals surface area contributed by atoms with Crippen LogP contribution in [0.4, 0.5) is 0 Å². The molecule has 0 aliphatic heterocycles. The van der Waals surface area contributed by atoms with Crippen molar-refractivity contribution < 1.29 is 0 Å². The topological polar surface area (TPSA) is 30.2 Å². The maximum atomic E-state index is 4.38. The van der Waals surface area contributed by atoms with Gasteiger partial charge in [-0.15, -0.1) is 0 Å². The number of aliphatic imine (C=N–C) groups is 1. The summed E-state index contributed by atoms with van der Waals surface area (Å²) in [6.07, 6.45) is 3.84. The fourth-order valence-corrected chi connectivity index (χ4v) is 0.999. The van der Waals surface area contributed by atoms with Crippen LogP contribution < -0.4 is 0 Å². The van der Waals surface area contributed by atoms with E-state index in [9.17, 15) is 0 Å². The molecule has 1 heterocycles. The van der Waals surface area contributed by atoms with Gasteiger partial charge in [0.05, 0.1) is 5.69 Å². The molecule has 0 aliphatic carbocycles. The lowest BCUT2D eigenvalue weighted by atomic mass is 10.1. The van der Waals surface area contributed by atoms with Crippen LogP contribution in [0.5, 0.6) is 0 Å². The van der Waals surface area contributed by atoms with Crippen LogP contribution >= 0.6 is 0 Å². The van der Waals surface area contributed by atoms with Gasteiger partial charge in [0.25, 0.3) is 0 Å². The number of allylic oxidation sites excluding steroid dienone is 1. The normalized spacial score (nSPS) is 12.5. The van der Waals surface area contributed by atoms with Gasteiger partial charge in [-0.25, -0.2) is 9.67 Å². The van der Waals surface area contributed by atoms with E-state index in [4.69, 9.17) is 0 Å². The first kappa shape index (κ1) is 15.6. The summed E-state index contributed by atoms with van der Waals surface area (Å²) < 4.78 is 1.79. The summed E-state index contributed by atoms with van der Waals surface area (Å²) in [7, 11) is 0. The molecule has 0 bridgehead atoms. The standard InChI is InChI=1S/C12H19N3.C2H6/c1-9(2)10(3)8-13-12(5)15-7-6-11(4)14-15;1-2/h6-9H,1-5H3;1-2H3/b10-8+,13-12?;. The molecule has 3 heteroatoms. The second kappa shape index (κ2) is 7.82. The molecule has 3 nitrogen and oxygen atoms in total. The first-order valence-electron chi connectivity index (χ1n) is 6.24. The number of aryl methyl sites for hydroxylation is 1. The highest BCUT2D eigenvalue weighted by molar-refractivity contribution is 5.81. The molecule has 0 N–H and O–H groups in total. The van der Waals surface area contributed by atoms with Crippen molar-refractivity contribution >= 4 is 5.84 Å². The largest absolute Gasteiger partial charge is 0.242 e. The lowest BCUT2D eigenvalue weighted by Gasteiger charge is -2.03. The smallest absolute Gasteiger partial charge is 0.126 e. The Morgan fingerprint density at radius 3 is 2.35 bits per heavy atom. The Bertz CT molecular complexity index is 384. The summed E-state index contributed by atoms with van der Waals surface area (Å²) in [5, 5.41) is 4.29. The molecule has 1 rings (SSSR count). The number of hydrogen-bond acceptors (Lipinski definition) is 2. The zero-order valence-electron chi connectivity index (χ0n) is 12.2. The van der Waals surface area contributed by atoms with Crippen molar-refractivity contribution in [2.24, 2.45) is 10.9 Å². The van der Waals surface area contributed by atoms with Crippen LogP contribution in [0.15, 0.2) is 29.0 Å². The minimum absolute atomic E-state index is 0.543. The Morgan fingerprint density at radius 1 is 1.35 bits per heavy atom. The average Bonchev–Trinajstić information content (AvgIpc) is 2.74. The van der Waals surface area contributed by atoms with E-state index in [1.54, 1.807) is 4.68 Å². The maximum absolute atomic E-state index is 4.38. The van der Waals surface area contributed by atoms with Gasteiger partial charge in [0.2, 0.25) is 0 Å². The number of rotatable bonds is 2. The van der Waals surface area contributed by atoms with Gasteiger partial charge in [-0.1, -0.05) is 33.3 Å². The van der Waals surface area contributed by atoms with Gasteiger partial charge in [-0.05, 0) is 32.8 Å². The van der Waals surface area contributed by atoms with E-state index >= 15 is 0 Å². The van der Waals surface area contributed by atoms with E-state index in [1.807, 2.05) is 46.2 Å². The van der Waals surface area contributed by atoms with Crippen LogP contribution in [0.3, 0.4) is 0 Å². The Balaban J connectivity index is 0.00000121. The van der Waals surface area contributed by atoms with Crippen molar-refractivity contribution in [3.05, 3.63) is 29.7 Å². The number of hydrogen-bond donors (Lipinski definition) is 0. The van der Waals surface area contributed by atoms with E-state index in [0.29, 0.717) is 5.92 Å². The second-order valence-corrected chi connectivity index (χ2v) is 4.11. The first-order valence-corrected chi connectivity index (χ1v) is 6.24. The van der Waals surface area contributed by atoms with Crippen molar-refractivity contribution in [2.45, 2.75) is 48.5 Å². The van der Waals surface area contributed by atoms with Crippen molar-refractivity contribution in [3.8, 4) is 0 Å². The summed E-state index contributed by atoms with van der Waals surface area (Å²) in [4.78, 5) is 4.38. The van der Waals surface area contributed by atoms with Gasteiger partial charge in [0, 0.05) is 12.4 Å². The zero-order valence-corrected chi connectivity index (χ0v) is 12.2.